The Morgan fingerprint density at radius 1 is 1.24 bits per heavy atom. The summed E-state index contributed by atoms with van der Waals surface area (Å²) >= 11 is 5.13. The Morgan fingerprint density at radius 2 is 1.95 bits per heavy atom. The number of nitrogens with two attached hydrogens (primary N) is 1. The molecule has 0 bridgehead atoms. The number of hydrogen-bond donors (Lipinski definition) is 1. The Labute approximate surface area is 136 Å². The number of halogens is 1. The van der Waals surface area contributed by atoms with Crippen LogP contribution < -0.4 is 10.6 Å². The summed E-state index contributed by atoms with van der Waals surface area (Å²) in [5.74, 6) is 0. The largest absolute Gasteiger partial charge is 0.397 e. The maximum atomic E-state index is 6.20. The Kier molecular flexibility index (Phi) is 3.87. The average molecular weight is 362 g/mol. The topological polar surface area (TPSA) is 42.2 Å². The van der Waals surface area contributed by atoms with E-state index in [0.717, 1.165) is 37.6 Å². The summed E-state index contributed by atoms with van der Waals surface area (Å²) in [4.78, 5) is 6.71. The molecule has 0 unspecified atom stereocenters. The van der Waals surface area contributed by atoms with Crippen LogP contribution >= 0.6 is 27.3 Å². The van der Waals surface area contributed by atoms with Crippen molar-refractivity contribution in [3.63, 3.8) is 0 Å². The summed E-state index contributed by atoms with van der Waals surface area (Å²) < 4.78 is 2.23. The number of hydrogen-bond acceptors (Lipinski definition) is 4. The third kappa shape index (κ3) is 3.04. The van der Waals surface area contributed by atoms with Crippen molar-refractivity contribution in [3.8, 4) is 0 Å². The lowest BCUT2D eigenvalue weighted by Gasteiger charge is -2.21. The minimum absolute atomic E-state index is 0.797. The van der Waals surface area contributed by atoms with Crippen molar-refractivity contribution >= 4 is 48.9 Å². The molecule has 21 heavy (non-hydrogen) atoms. The third-order valence-corrected chi connectivity index (χ3v) is 4.85. The normalized spacial score (nSPS) is 11.0. The van der Waals surface area contributed by atoms with Gasteiger partial charge in [-0.05, 0) is 36.8 Å². The molecular formula is C16H16BrN3S. The Balaban J connectivity index is 1.91. The van der Waals surface area contributed by atoms with Crippen molar-refractivity contribution in [2.75, 3.05) is 17.7 Å². The van der Waals surface area contributed by atoms with E-state index in [4.69, 9.17) is 5.73 Å². The van der Waals surface area contributed by atoms with Crippen molar-refractivity contribution < 1.29 is 0 Å². The van der Waals surface area contributed by atoms with Crippen LogP contribution in [-0.2, 0) is 6.54 Å². The fourth-order valence-corrected chi connectivity index (χ4v) is 3.49. The molecule has 0 aliphatic heterocycles. The second-order valence-electron chi connectivity index (χ2n) is 5.09. The minimum atomic E-state index is 0.797. The van der Waals surface area contributed by atoms with Gasteiger partial charge in [-0.3, -0.25) is 0 Å². The standard InChI is InChI=1S/C16H16BrN3S/c1-10-19-14-8-15(13(18)7-16(14)21-10)20(2)9-11-3-5-12(17)6-4-11/h3-8H,9,18H2,1-2H3. The van der Waals surface area contributed by atoms with E-state index in [2.05, 4.69) is 63.2 Å². The molecule has 0 fully saturated rings. The first-order valence-corrected chi connectivity index (χ1v) is 8.26. The van der Waals surface area contributed by atoms with Crippen molar-refractivity contribution in [2.24, 2.45) is 0 Å². The van der Waals surface area contributed by atoms with Crippen LogP contribution in [0.3, 0.4) is 0 Å². The van der Waals surface area contributed by atoms with E-state index in [1.165, 1.54) is 5.56 Å². The van der Waals surface area contributed by atoms with Gasteiger partial charge in [-0.15, -0.1) is 11.3 Å². The Morgan fingerprint density at radius 3 is 2.67 bits per heavy atom. The summed E-state index contributed by atoms with van der Waals surface area (Å²) in [6, 6.07) is 12.4. The van der Waals surface area contributed by atoms with Gasteiger partial charge in [-0.25, -0.2) is 4.98 Å². The highest BCUT2D eigenvalue weighted by molar-refractivity contribution is 9.10. The van der Waals surface area contributed by atoms with Crippen molar-refractivity contribution in [1.29, 1.82) is 0 Å². The van der Waals surface area contributed by atoms with Crippen LogP contribution in [0.25, 0.3) is 10.2 Å². The first kappa shape index (κ1) is 14.4. The molecule has 2 N–H and O–H groups in total. The number of nitrogen functional groups attached to an aromatic ring is 1. The molecular weight excluding hydrogens is 346 g/mol. The first-order valence-electron chi connectivity index (χ1n) is 6.65. The van der Waals surface area contributed by atoms with Gasteiger partial charge in [0.1, 0.15) is 0 Å². The van der Waals surface area contributed by atoms with Crippen LogP contribution in [-0.4, -0.2) is 12.0 Å². The van der Waals surface area contributed by atoms with E-state index in [-0.39, 0.29) is 0 Å². The summed E-state index contributed by atoms with van der Waals surface area (Å²) in [6.45, 7) is 2.83. The van der Waals surface area contributed by atoms with Crippen LogP contribution in [0.15, 0.2) is 40.9 Å². The third-order valence-electron chi connectivity index (χ3n) is 3.39. The number of thiazole rings is 1. The highest BCUT2D eigenvalue weighted by Crippen LogP contribution is 2.32. The zero-order valence-corrected chi connectivity index (χ0v) is 14.3. The average Bonchev–Trinajstić information content (AvgIpc) is 2.79. The van der Waals surface area contributed by atoms with Crippen molar-refractivity contribution in [1.82, 2.24) is 4.98 Å². The molecule has 0 saturated heterocycles. The molecule has 5 heteroatoms. The van der Waals surface area contributed by atoms with E-state index in [1.807, 2.05) is 13.0 Å². The summed E-state index contributed by atoms with van der Waals surface area (Å²) in [6.07, 6.45) is 0. The molecule has 0 aliphatic rings. The number of aromatic nitrogens is 1. The molecule has 1 heterocycles. The van der Waals surface area contributed by atoms with E-state index < -0.39 is 0 Å². The lowest BCUT2D eigenvalue weighted by atomic mass is 10.2. The molecule has 108 valence electrons. The van der Waals surface area contributed by atoms with Crippen molar-refractivity contribution in [3.05, 3.63) is 51.4 Å². The van der Waals surface area contributed by atoms with Gasteiger partial charge in [-0.1, -0.05) is 28.1 Å². The van der Waals surface area contributed by atoms with E-state index in [9.17, 15) is 0 Å². The van der Waals surface area contributed by atoms with Crippen LogP contribution in [0.4, 0.5) is 11.4 Å². The van der Waals surface area contributed by atoms with Gasteiger partial charge in [0.05, 0.1) is 26.6 Å². The van der Waals surface area contributed by atoms with Crippen LogP contribution in [0.1, 0.15) is 10.6 Å². The van der Waals surface area contributed by atoms with Gasteiger partial charge in [0.25, 0.3) is 0 Å². The fraction of sp³-hybridized carbons (Fsp3) is 0.188. The lowest BCUT2D eigenvalue weighted by Crippen LogP contribution is -2.17. The quantitative estimate of drug-likeness (QED) is 0.693. The number of aryl methyl sites for hydroxylation is 1. The molecule has 0 spiro atoms. The summed E-state index contributed by atoms with van der Waals surface area (Å²) in [5.41, 5.74) is 10.3. The second-order valence-corrected chi connectivity index (χ2v) is 7.24. The predicted octanol–water partition coefficient (Wildman–Crippen LogP) is 4.59. The Bertz CT molecular complexity index is 780. The van der Waals surface area contributed by atoms with Crippen molar-refractivity contribution in [2.45, 2.75) is 13.5 Å². The fourth-order valence-electron chi connectivity index (χ4n) is 2.37. The second kappa shape index (κ2) is 5.66. The molecule has 3 rings (SSSR count). The first-order chi connectivity index (χ1) is 10.0. The number of benzene rings is 2. The molecule has 3 aromatic rings. The molecule has 3 nitrogen and oxygen atoms in total. The summed E-state index contributed by atoms with van der Waals surface area (Å²) in [7, 11) is 2.05. The molecule has 1 aromatic heterocycles. The number of anilines is 2. The summed E-state index contributed by atoms with van der Waals surface area (Å²) in [5, 5.41) is 1.07. The lowest BCUT2D eigenvalue weighted by molar-refractivity contribution is 0.925. The zero-order chi connectivity index (χ0) is 15.0. The molecule has 0 atom stereocenters. The molecule has 0 saturated carbocycles. The van der Waals surface area contributed by atoms with Gasteiger partial charge in [0.15, 0.2) is 0 Å². The minimum Gasteiger partial charge on any atom is -0.397 e. The van der Waals surface area contributed by atoms with Crippen LogP contribution in [0.5, 0.6) is 0 Å². The molecule has 0 radical (unpaired) electrons. The van der Waals surface area contributed by atoms with E-state index in [1.54, 1.807) is 11.3 Å². The highest BCUT2D eigenvalue weighted by Gasteiger charge is 2.10. The highest BCUT2D eigenvalue weighted by atomic mass is 79.9. The Hall–Kier alpha value is -1.59. The van der Waals surface area contributed by atoms with E-state index in [0.29, 0.717) is 0 Å². The van der Waals surface area contributed by atoms with Gasteiger partial charge < -0.3 is 10.6 Å². The SMILES string of the molecule is Cc1nc2cc(N(C)Cc3ccc(Br)cc3)c(N)cc2s1. The van der Waals surface area contributed by atoms with Gasteiger partial charge >= 0.3 is 0 Å². The molecule has 0 amide bonds. The maximum absolute atomic E-state index is 6.20. The number of fused-ring (bicyclic) bond motifs is 1. The van der Waals surface area contributed by atoms with Gasteiger partial charge in [0.2, 0.25) is 0 Å². The van der Waals surface area contributed by atoms with Gasteiger partial charge in [-0.2, -0.15) is 0 Å². The monoisotopic (exact) mass is 361 g/mol. The molecule has 0 aliphatic carbocycles. The predicted molar refractivity (Wildman–Crippen MR) is 95.0 cm³/mol. The number of nitrogens with zero attached hydrogens (tertiary/aromatic N) is 2. The zero-order valence-electron chi connectivity index (χ0n) is 11.9. The number of rotatable bonds is 3. The maximum Gasteiger partial charge on any atom is 0.0907 e. The molecule has 2 aromatic carbocycles. The van der Waals surface area contributed by atoms with Gasteiger partial charge in [0, 0.05) is 18.1 Å². The smallest absolute Gasteiger partial charge is 0.0907 e. The van der Waals surface area contributed by atoms with Crippen LogP contribution in [0, 0.1) is 6.92 Å². The van der Waals surface area contributed by atoms with E-state index >= 15 is 0 Å². The van der Waals surface area contributed by atoms with Crippen LogP contribution in [0.2, 0.25) is 0 Å².